The van der Waals surface area contributed by atoms with E-state index in [1.807, 2.05) is 0 Å². The first kappa shape index (κ1) is 27.1. The Morgan fingerprint density at radius 1 is 0.850 bits per heavy atom. The van der Waals surface area contributed by atoms with Gasteiger partial charge in [0.2, 0.25) is 6.29 Å². The van der Waals surface area contributed by atoms with Crippen molar-refractivity contribution in [2.24, 2.45) is 0 Å². The third-order valence-corrected chi connectivity index (χ3v) is 6.46. The molecule has 2 N–H and O–H groups in total. The number of aliphatic hydroxyl groups is 2. The number of rotatable bonds is 7. The van der Waals surface area contributed by atoms with Gasteiger partial charge in [-0.2, -0.15) is 0 Å². The summed E-state index contributed by atoms with van der Waals surface area (Å²) in [5.74, 6) is -1.26. The Morgan fingerprint density at radius 3 is 2.17 bits per heavy atom. The number of aryl methyl sites for hydroxylation is 1. The molecule has 1 aromatic heterocycles. The van der Waals surface area contributed by atoms with Crippen molar-refractivity contribution < 1.29 is 43.2 Å². The second-order valence-corrected chi connectivity index (χ2v) is 9.25. The molecule has 0 saturated carbocycles. The molecule has 10 heteroatoms. The summed E-state index contributed by atoms with van der Waals surface area (Å²) < 4.78 is 27.8. The van der Waals surface area contributed by atoms with E-state index in [2.05, 4.69) is 0 Å². The van der Waals surface area contributed by atoms with Crippen molar-refractivity contribution >= 4 is 22.9 Å². The van der Waals surface area contributed by atoms with Crippen LogP contribution in [0, 0.1) is 6.92 Å². The van der Waals surface area contributed by atoms with Crippen LogP contribution in [0.15, 0.2) is 94.1 Å². The zero-order valence-electron chi connectivity index (χ0n) is 21.3. The Bertz CT molecular complexity index is 1550. The third-order valence-electron chi connectivity index (χ3n) is 6.46. The monoisotopic (exact) mass is 546 g/mol. The van der Waals surface area contributed by atoms with Crippen molar-refractivity contribution in [1.82, 2.24) is 0 Å². The second-order valence-electron chi connectivity index (χ2n) is 9.25. The molecule has 1 fully saturated rings. The van der Waals surface area contributed by atoms with E-state index in [-0.39, 0.29) is 16.9 Å². The first-order valence-corrected chi connectivity index (χ1v) is 12.5. The summed E-state index contributed by atoms with van der Waals surface area (Å²) >= 11 is 0. The first-order valence-electron chi connectivity index (χ1n) is 12.5. The van der Waals surface area contributed by atoms with Crippen LogP contribution in [0.25, 0.3) is 11.0 Å². The topological polar surface area (TPSA) is 142 Å². The number of aliphatic hydroxyl groups excluding tert-OH is 2. The summed E-state index contributed by atoms with van der Waals surface area (Å²) in [6.45, 7) is 1.34. The largest absolute Gasteiger partial charge is 0.462 e. The molecule has 2 heterocycles. The van der Waals surface area contributed by atoms with Crippen molar-refractivity contribution in [3.63, 3.8) is 0 Å². The molecule has 5 atom stereocenters. The van der Waals surface area contributed by atoms with Crippen LogP contribution in [0.2, 0.25) is 0 Å². The van der Waals surface area contributed by atoms with Gasteiger partial charge in [-0.15, -0.1) is 0 Å². The number of esters is 2. The molecule has 0 amide bonds. The van der Waals surface area contributed by atoms with Gasteiger partial charge in [-0.25, -0.2) is 14.4 Å². The molecule has 1 aliphatic rings. The molecule has 40 heavy (non-hydrogen) atoms. The third kappa shape index (κ3) is 5.89. The van der Waals surface area contributed by atoms with Gasteiger partial charge in [0.05, 0.1) is 11.1 Å². The zero-order chi connectivity index (χ0) is 28.2. The van der Waals surface area contributed by atoms with E-state index in [1.54, 1.807) is 67.6 Å². The van der Waals surface area contributed by atoms with E-state index in [4.69, 9.17) is 23.4 Å². The van der Waals surface area contributed by atoms with Crippen LogP contribution in [0.4, 0.5) is 0 Å². The molecule has 0 aliphatic carbocycles. The fourth-order valence-electron chi connectivity index (χ4n) is 4.37. The number of carbonyl (C=O) groups excluding carboxylic acids is 2. The minimum Gasteiger partial charge on any atom is -0.462 e. The molecular formula is C30H26O10. The Hall–Kier alpha value is -4.51. The van der Waals surface area contributed by atoms with Crippen molar-refractivity contribution in [3.8, 4) is 5.75 Å². The maximum atomic E-state index is 12.8. The molecule has 0 spiro atoms. The Kier molecular flexibility index (Phi) is 7.92. The van der Waals surface area contributed by atoms with E-state index in [0.717, 1.165) is 0 Å². The molecule has 10 nitrogen and oxygen atoms in total. The predicted molar refractivity (Wildman–Crippen MR) is 141 cm³/mol. The molecular weight excluding hydrogens is 520 g/mol. The molecule has 5 rings (SSSR count). The van der Waals surface area contributed by atoms with Gasteiger partial charge in [-0.3, -0.25) is 0 Å². The lowest BCUT2D eigenvalue weighted by molar-refractivity contribution is -0.276. The van der Waals surface area contributed by atoms with Gasteiger partial charge in [0.25, 0.3) is 0 Å². The first-order chi connectivity index (χ1) is 19.3. The summed E-state index contributed by atoms with van der Waals surface area (Å²) in [6.07, 6.45) is -7.37. The molecule has 1 saturated heterocycles. The fourth-order valence-corrected chi connectivity index (χ4v) is 4.37. The van der Waals surface area contributed by atoms with Crippen LogP contribution >= 0.6 is 0 Å². The lowest BCUT2D eigenvalue weighted by atomic mass is 9.98. The van der Waals surface area contributed by atoms with Crippen molar-refractivity contribution in [3.05, 3.63) is 112 Å². The van der Waals surface area contributed by atoms with Gasteiger partial charge in [-0.1, -0.05) is 36.4 Å². The van der Waals surface area contributed by atoms with Gasteiger partial charge in [-0.05, 0) is 48.9 Å². The van der Waals surface area contributed by atoms with Gasteiger partial charge in [0, 0.05) is 17.5 Å². The van der Waals surface area contributed by atoms with Gasteiger partial charge in [0.15, 0.2) is 12.2 Å². The van der Waals surface area contributed by atoms with Gasteiger partial charge >= 0.3 is 17.6 Å². The number of carbonyl (C=O) groups is 2. The van der Waals surface area contributed by atoms with E-state index in [1.165, 1.54) is 24.3 Å². The molecule has 4 aromatic rings. The Morgan fingerprint density at radius 2 is 1.50 bits per heavy atom. The van der Waals surface area contributed by atoms with Gasteiger partial charge < -0.3 is 33.6 Å². The number of fused-ring (bicyclic) bond motifs is 1. The van der Waals surface area contributed by atoms with Crippen LogP contribution in [-0.2, 0) is 14.2 Å². The number of hydrogen-bond donors (Lipinski definition) is 2. The molecule has 0 radical (unpaired) electrons. The van der Waals surface area contributed by atoms with Crippen molar-refractivity contribution in [2.45, 2.75) is 37.6 Å². The fraction of sp³-hybridized carbons (Fsp3) is 0.233. The van der Waals surface area contributed by atoms with Crippen molar-refractivity contribution in [1.29, 1.82) is 0 Å². The highest BCUT2D eigenvalue weighted by Gasteiger charge is 2.48. The van der Waals surface area contributed by atoms with E-state index in [0.29, 0.717) is 16.5 Å². The summed E-state index contributed by atoms with van der Waals surface area (Å²) in [5.41, 5.74) is 0.933. The SMILES string of the molecule is Cc1cc(=O)oc2cc(OC3OC(COC(=O)c4ccccc4)C(O)C(OC(=O)c4ccccc4)C3O)ccc12. The number of hydrogen-bond acceptors (Lipinski definition) is 10. The minimum atomic E-state index is -1.64. The van der Waals surface area contributed by atoms with Crippen LogP contribution in [0.3, 0.4) is 0 Å². The summed E-state index contributed by atoms with van der Waals surface area (Å²) in [4.78, 5) is 37.1. The van der Waals surface area contributed by atoms with Gasteiger partial charge in [0.1, 0.15) is 30.1 Å². The Labute approximate surface area is 228 Å². The summed E-state index contributed by atoms with van der Waals surface area (Å²) in [6, 6.07) is 22.4. The standard InChI is InChI=1S/C30H26O10/c1-17-14-24(31)38-22-15-20(12-13-21(17)22)37-30-26(33)27(40-29(35)19-10-6-3-7-11-19)25(32)23(39-30)16-36-28(34)18-8-4-2-5-9-18/h2-15,23,25-27,30,32-33H,16H2,1H3. The van der Waals surface area contributed by atoms with E-state index in [9.17, 15) is 24.6 Å². The highest BCUT2D eigenvalue weighted by Crippen LogP contribution is 2.29. The molecule has 0 bridgehead atoms. The predicted octanol–water partition coefficient (Wildman–Crippen LogP) is 3.01. The van der Waals surface area contributed by atoms with Crippen LogP contribution < -0.4 is 10.4 Å². The quantitative estimate of drug-likeness (QED) is 0.262. The second kappa shape index (κ2) is 11.7. The highest BCUT2D eigenvalue weighted by atomic mass is 16.7. The van der Waals surface area contributed by atoms with E-state index >= 15 is 0 Å². The maximum absolute atomic E-state index is 12.8. The summed E-state index contributed by atoms with van der Waals surface area (Å²) in [5, 5.41) is 22.8. The lowest BCUT2D eigenvalue weighted by Crippen LogP contribution is -2.61. The Balaban J connectivity index is 1.39. The average molecular weight is 547 g/mol. The highest BCUT2D eigenvalue weighted by molar-refractivity contribution is 5.90. The van der Waals surface area contributed by atoms with E-state index < -0.39 is 54.9 Å². The minimum absolute atomic E-state index is 0.176. The number of ether oxygens (including phenoxy) is 4. The normalized spacial score (nSPS) is 22.4. The van der Waals surface area contributed by atoms with Crippen LogP contribution in [-0.4, -0.2) is 59.5 Å². The lowest BCUT2D eigenvalue weighted by Gasteiger charge is -2.41. The van der Waals surface area contributed by atoms with Crippen LogP contribution in [0.1, 0.15) is 26.3 Å². The van der Waals surface area contributed by atoms with Crippen LogP contribution in [0.5, 0.6) is 5.75 Å². The number of benzene rings is 3. The smallest absolute Gasteiger partial charge is 0.338 e. The molecule has 5 unspecified atom stereocenters. The average Bonchev–Trinajstić information content (AvgIpc) is 2.96. The maximum Gasteiger partial charge on any atom is 0.338 e. The van der Waals surface area contributed by atoms with Crippen molar-refractivity contribution in [2.75, 3.05) is 6.61 Å². The molecule has 206 valence electrons. The summed E-state index contributed by atoms with van der Waals surface area (Å²) in [7, 11) is 0. The zero-order valence-corrected chi connectivity index (χ0v) is 21.3. The molecule has 1 aliphatic heterocycles. The molecule has 3 aromatic carbocycles.